The minimum atomic E-state index is -1.31. The molecule has 0 bridgehead atoms. The summed E-state index contributed by atoms with van der Waals surface area (Å²) >= 11 is 17.7. The molecule has 0 spiro atoms. The number of aromatic amines is 1. The number of nitrogens with two attached hydrogens (primary N) is 1. The summed E-state index contributed by atoms with van der Waals surface area (Å²) in [5, 5.41) is 15.2. The summed E-state index contributed by atoms with van der Waals surface area (Å²) in [6.45, 7) is 0. The number of nitrogens with one attached hydrogen (secondary N) is 1. The molecule has 25 heavy (non-hydrogen) atoms. The Hall–Kier alpha value is -2.12. The molecule has 2 aromatic carbocycles. The van der Waals surface area contributed by atoms with Gasteiger partial charge in [-0.05, 0) is 35.9 Å². The van der Waals surface area contributed by atoms with Crippen LogP contribution >= 0.6 is 34.8 Å². The summed E-state index contributed by atoms with van der Waals surface area (Å²) in [6.07, 6.45) is -1.31. The molecule has 0 aliphatic rings. The highest BCUT2D eigenvalue weighted by Crippen LogP contribution is 2.27. The Labute approximate surface area is 156 Å². The number of hydrogen-bond donors (Lipinski definition) is 3. The van der Waals surface area contributed by atoms with Gasteiger partial charge in [-0.2, -0.15) is 5.10 Å². The van der Waals surface area contributed by atoms with Gasteiger partial charge in [0.05, 0.1) is 21.1 Å². The first kappa shape index (κ1) is 17.7. The Morgan fingerprint density at radius 2 is 1.92 bits per heavy atom. The molecule has 0 radical (unpaired) electrons. The van der Waals surface area contributed by atoms with Crippen LogP contribution in [0.15, 0.2) is 46.3 Å². The molecule has 6 nitrogen and oxygen atoms in total. The first-order valence-electron chi connectivity index (χ1n) is 7.01. The van der Waals surface area contributed by atoms with E-state index >= 15 is 0 Å². The second-order valence-electron chi connectivity index (χ2n) is 5.17. The fraction of sp³-hybridized carbons (Fsp3) is 0.0625. The standard InChI is InChI=1S/C16H11Cl3N4O2/c17-8-2-4-11-12(6-8)22-16(25)14(21-11)13(23-20)15(24)7-1-3-9(18)10(19)5-7/h1-6,15,24H,20H2,(H,22,25)/b23-13-/t15-/m1/s1. The van der Waals surface area contributed by atoms with Crippen molar-refractivity contribution in [2.24, 2.45) is 10.9 Å². The molecule has 0 saturated carbocycles. The molecule has 0 aliphatic carbocycles. The van der Waals surface area contributed by atoms with E-state index in [1.54, 1.807) is 24.3 Å². The van der Waals surface area contributed by atoms with Gasteiger partial charge in [-0.3, -0.25) is 4.79 Å². The average molecular weight is 398 g/mol. The fourth-order valence-corrected chi connectivity index (χ4v) is 2.81. The predicted octanol–water partition coefficient (Wildman–Crippen LogP) is 3.28. The van der Waals surface area contributed by atoms with Crippen molar-refractivity contribution in [3.63, 3.8) is 0 Å². The van der Waals surface area contributed by atoms with Crippen LogP contribution in [-0.4, -0.2) is 20.8 Å². The van der Waals surface area contributed by atoms with Crippen molar-refractivity contribution in [2.45, 2.75) is 6.10 Å². The van der Waals surface area contributed by atoms with Crippen LogP contribution in [0.3, 0.4) is 0 Å². The lowest BCUT2D eigenvalue weighted by Crippen LogP contribution is -2.26. The second kappa shape index (κ2) is 7.01. The quantitative estimate of drug-likeness (QED) is 0.358. The van der Waals surface area contributed by atoms with E-state index < -0.39 is 11.7 Å². The smallest absolute Gasteiger partial charge is 0.276 e. The van der Waals surface area contributed by atoms with Crippen LogP contribution in [0.2, 0.25) is 15.1 Å². The number of rotatable bonds is 3. The Morgan fingerprint density at radius 3 is 2.60 bits per heavy atom. The summed E-state index contributed by atoms with van der Waals surface area (Å²) in [5.74, 6) is 5.40. The van der Waals surface area contributed by atoms with Crippen molar-refractivity contribution < 1.29 is 5.11 Å². The minimum absolute atomic E-state index is 0.100. The molecule has 3 rings (SSSR count). The van der Waals surface area contributed by atoms with E-state index in [0.717, 1.165) is 0 Å². The van der Waals surface area contributed by atoms with Crippen molar-refractivity contribution in [1.82, 2.24) is 9.97 Å². The zero-order chi connectivity index (χ0) is 18.1. The van der Waals surface area contributed by atoms with E-state index in [1.807, 2.05) is 0 Å². The van der Waals surface area contributed by atoms with Crippen molar-refractivity contribution in [3.05, 3.63) is 73.1 Å². The lowest BCUT2D eigenvalue weighted by Gasteiger charge is -2.13. The van der Waals surface area contributed by atoms with Gasteiger partial charge in [0.1, 0.15) is 11.8 Å². The van der Waals surface area contributed by atoms with Crippen molar-refractivity contribution in [2.75, 3.05) is 0 Å². The number of nitrogens with zero attached hydrogens (tertiary/aromatic N) is 2. The van der Waals surface area contributed by atoms with Crippen LogP contribution in [0.25, 0.3) is 11.0 Å². The summed E-state index contributed by atoms with van der Waals surface area (Å²) in [7, 11) is 0. The maximum absolute atomic E-state index is 12.3. The van der Waals surface area contributed by atoms with Crippen LogP contribution in [-0.2, 0) is 0 Å². The molecule has 0 fully saturated rings. The van der Waals surface area contributed by atoms with E-state index in [0.29, 0.717) is 26.6 Å². The molecule has 9 heteroatoms. The highest BCUT2D eigenvalue weighted by atomic mass is 35.5. The predicted molar refractivity (Wildman–Crippen MR) is 99.5 cm³/mol. The van der Waals surface area contributed by atoms with Crippen molar-refractivity contribution >= 4 is 51.5 Å². The maximum Gasteiger partial charge on any atom is 0.276 e. The molecule has 1 heterocycles. The van der Waals surface area contributed by atoms with Crippen LogP contribution in [0.1, 0.15) is 17.4 Å². The third-order valence-electron chi connectivity index (χ3n) is 3.55. The zero-order valence-electron chi connectivity index (χ0n) is 12.5. The van der Waals surface area contributed by atoms with Crippen LogP contribution in [0.4, 0.5) is 0 Å². The third kappa shape index (κ3) is 3.48. The summed E-state index contributed by atoms with van der Waals surface area (Å²) in [6, 6.07) is 9.39. The topological polar surface area (TPSA) is 104 Å². The third-order valence-corrected chi connectivity index (χ3v) is 4.53. The molecule has 1 aromatic heterocycles. The number of aromatic nitrogens is 2. The first-order chi connectivity index (χ1) is 11.9. The lowest BCUT2D eigenvalue weighted by molar-refractivity contribution is 0.247. The average Bonchev–Trinajstić information content (AvgIpc) is 2.58. The number of H-pyrrole nitrogens is 1. The number of fused-ring (bicyclic) bond motifs is 1. The molecular weight excluding hydrogens is 387 g/mol. The van der Waals surface area contributed by atoms with E-state index in [4.69, 9.17) is 40.6 Å². The number of hydrogen-bond acceptors (Lipinski definition) is 5. The Bertz CT molecular complexity index is 1050. The molecular formula is C16H11Cl3N4O2. The highest BCUT2D eigenvalue weighted by Gasteiger charge is 2.22. The van der Waals surface area contributed by atoms with Gasteiger partial charge < -0.3 is 15.9 Å². The molecule has 128 valence electrons. The number of aliphatic hydroxyl groups is 1. The molecule has 3 aromatic rings. The molecule has 0 amide bonds. The Morgan fingerprint density at radius 1 is 1.16 bits per heavy atom. The summed E-state index contributed by atoms with van der Waals surface area (Å²) in [4.78, 5) is 19.2. The summed E-state index contributed by atoms with van der Waals surface area (Å²) < 4.78 is 0. The van der Waals surface area contributed by atoms with Crippen LogP contribution in [0.5, 0.6) is 0 Å². The fourth-order valence-electron chi connectivity index (χ4n) is 2.33. The molecule has 4 N–H and O–H groups in total. The van der Waals surface area contributed by atoms with Crippen LogP contribution in [0, 0.1) is 0 Å². The maximum atomic E-state index is 12.3. The van der Waals surface area contributed by atoms with E-state index in [1.165, 1.54) is 12.1 Å². The van der Waals surface area contributed by atoms with E-state index in [-0.39, 0.29) is 16.4 Å². The van der Waals surface area contributed by atoms with Crippen molar-refractivity contribution in [1.29, 1.82) is 0 Å². The van der Waals surface area contributed by atoms with Gasteiger partial charge in [0, 0.05) is 5.02 Å². The highest BCUT2D eigenvalue weighted by molar-refractivity contribution is 6.42. The zero-order valence-corrected chi connectivity index (χ0v) is 14.8. The van der Waals surface area contributed by atoms with E-state index in [2.05, 4.69) is 15.1 Å². The Balaban J connectivity index is 2.10. The number of aliphatic hydroxyl groups excluding tert-OH is 1. The van der Waals surface area contributed by atoms with Gasteiger partial charge in [0.25, 0.3) is 5.56 Å². The molecule has 0 aliphatic heterocycles. The number of benzene rings is 2. The largest absolute Gasteiger partial charge is 0.382 e. The van der Waals surface area contributed by atoms with Crippen molar-refractivity contribution in [3.8, 4) is 0 Å². The molecule has 0 saturated heterocycles. The second-order valence-corrected chi connectivity index (χ2v) is 6.42. The Kier molecular flexibility index (Phi) is 4.96. The van der Waals surface area contributed by atoms with Gasteiger partial charge in [-0.15, -0.1) is 0 Å². The van der Waals surface area contributed by atoms with E-state index in [9.17, 15) is 9.90 Å². The van der Waals surface area contributed by atoms with Crippen LogP contribution < -0.4 is 11.4 Å². The number of hydrazone groups is 1. The summed E-state index contributed by atoms with van der Waals surface area (Å²) in [5.41, 5.74) is 0.546. The lowest BCUT2D eigenvalue weighted by atomic mass is 10.0. The monoisotopic (exact) mass is 396 g/mol. The molecule has 1 atom stereocenters. The normalized spacial score (nSPS) is 13.2. The minimum Gasteiger partial charge on any atom is -0.382 e. The number of halogens is 3. The van der Waals surface area contributed by atoms with Gasteiger partial charge in [-0.1, -0.05) is 40.9 Å². The first-order valence-corrected chi connectivity index (χ1v) is 8.15. The molecule has 0 unspecified atom stereocenters. The SMILES string of the molecule is N/N=C(/c1nc2ccc(Cl)cc2[nH]c1=O)[C@H](O)c1ccc(Cl)c(Cl)c1. The van der Waals surface area contributed by atoms with Gasteiger partial charge in [0.2, 0.25) is 0 Å². The van der Waals surface area contributed by atoms with Gasteiger partial charge >= 0.3 is 0 Å². The van der Waals surface area contributed by atoms with Gasteiger partial charge in [-0.25, -0.2) is 4.98 Å². The van der Waals surface area contributed by atoms with Gasteiger partial charge in [0.15, 0.2) is 5.69 Å².